The van der Waals surface area contributed by atoms with Gasteiger partial charge in [0.15, 0.2) is 0 Å². The lowest BCUT2D eigenvalue weighted by molar-refractivity contribution is -0.133. The van der Waals surface area contributed by atoms with Gasteiger partial charge in [-0.2, -0.15) is 0 Å². The lowest BCUT2D eigenvalue weighted by Crippen LogP contribution is -2.51. The zero-order valence-corrected chi connectivity index (χ0v) is 16.6. The zero-order chi connectivity index (χ0) is 19.5. The van der Waals surface area contributed by atoms with E-state index in [-0.39, 0.29) is 17.9 Å². The molecule has 7 nitrogen and oxygen atoms in total. The van der Waals surface area contributed by atoms with Crippen LogP contribution in [0, 0.1) is 0 Å². The molecule has 1 fully saturated rings. The number of rotatable bonds is 5. The van der Waals surface area contributed by atoms with Crippen LogP contribution >= 0.6 is 0 Å². The van der Waals surface area contributed by atoms with Crippen molar-refractivity contribution in [3.05, 3.63) is 29.8 Å². The molecule has 2 rings (SSSR count). The summed E-state index contributed by atoms with van der Waals surface area (Å²) in [6.45, 7) is 7.53. The molecule has 2 amide bonds. The molecule has 0 N–H and O–H groups in total. The summed E-state index contributed by atoms with van der Waals surface area (Å²) in [6, 6.07) is 7.27. The average Bonchev–Trinajstić information content (AvgIpc) is 2.57. The highest BCUT2D eigenvalue weighted by Gasteiger charge is 2.29. The Kier molecular flexibility index (Phi) is 5.95. The largest absolute Gasteiger partial charge is 0.342 e. The van der Waals surface area contributed by atoms with Gasteiger partial charge in [-0.15, -0.1) is 0 Å². The van der Waals surface area contributed by atoms with Crippen molar-refractivity contribution in [1.82, 2.24) is 9.80 Å². The first-order valence-electron chi connectivity index (χ1n) is 8.58. The van der Waals surface area contributed by atoms with Crippen LogP contribution in [0.5, 0.6) is 0 Å². The van der Waals surface area contributed by atoms with Crippen LogP contribution in [0.1, 0.15) is 26.3 Å². The second kappa shape index (κ2) is 7.65. The standard InChI is InChI=1S/C18H27N3O4S/c1-18(2,3)15-7-5-6-8-16(15)21(26(4,24)25)13-17(23)20-11-9-19(14-22)10-12-20/h5-8,14H,9-13H2,1-4H3. The highest BCUT2D eigenvalue weighted by Crippen LogP contribution is 2.33. The number of nitrogens with zero attached hydrogens (tertiary/aromatic N) is 3. The summed E-state index contributed by atoms with van der Waals surface area (Å²) in [5, 5.41) is 0. The zero-order valence-electron chi connectivity index (χ0n) is 15.8. The topological polar surface area (TPSA) is 78.0 Å². The molecule has 8 heteroatoms. The van der Waals surface area contributed by atoms with Crippen molar-refractivity contribution in [1.29, 1.82) is 0 Å². The maximum Gasteiger partial charge on any atom is 0.243 e. The van der Waals surface area contributed by atoms with Crippen LogP contribution < -0.4 is 4.31 Å². The molecule has 1 saturated heterocycles. The van der Waals surface area contributed by atoms with Crippen LogP contribution in [0.4, 0.5) is 5.69 Å². The summed E-state index contributed by atoms with van der Waals surface area (Å²) < 4.78 is 26.0. The number of hydrogen-bond donors (Lipinski definition) is 0. The van der Waals surface area contributed by atoms with Gasteiger partial charge in [0, 0.05) is 26.2 Å². The van der Waals surface area contributed by atoms with E-state index in [0.717, 1.165) is 18.2 Å². The Balaban J connectivity index is 2.28. The molecule has 0 aromatic heterocycles. The van der Waals surface area contributed by atoms with E-state index in [2.05, 4.69) is 0 Å². The molecule has 26 heavy (non-hydrogen) atoms. The quantitative estimate of drug-likeness (QED) is 0.715. The molecule has 1 aliphatic rings. The minimum Gasteiger partial charge on any atom is -0.342 e. The third kappa shape index (κ3) is 4.75. The fourth-order valence-corrected chi connectivity index (χ4v) is 3.87. The van der Waals surface area contributed by atoms with Crippen molar-refractivity contribution >= 4 is 28.0 Å². The Bertz CT molecular complexity index is 763. The highest BCUT2D eigenvalue weighted by atomic mass is 32.2. The number of carbonyl (C=O) groups excluding carboxylic acids is 2. The number of amides is 2. The van der Waals surface area contributed by atoms with Gasteiger partial charge in [-0.05, 0) is 17.0 Å². The van der Waals surface area contributed by atoms with Crippen molar-refractivity contribution in [2.75, 3.05) is 43.3 Å². The fraction of sp³-hybridized carbons (Fsp3) is 0.556. The van der Waals surface area contributed by atoms with E-state index >= 15 is 0 Å². The molecular weight excluding hydrogens is 354 g/mol. The van der Waals surface area contributed by atoms with Gasteiger partial charge in [0.25, 0.3) is 0 Å². The van der Waals surface area contributed by atoms with Crippen LogP contribution in [0.3, 0.4) is 0 Å². The first-order chi connectivity index (χ1) is 12.0. The normalized spacial score (nSPS) is 15.7. The molecule has 1 aliphatic heterocycles. The van der Waals surface area contributed by atoms with Crippen LogP contribution in [0.2, 0.25) is 0 Å². The van der Waals surface area contributed by atoms with Gasteiger partial charge >= 0.3 is 0 Å². The number of para-hydroxylation sites is 1. The first-order valence-corrected chi connectivity index (χ1v) is 10.4. The van der Waals surface area contributed by atoms with E-state index in [4.69, 9.17) is 0 Å². The summed E-state index contributed by atoms with van der Waals surface area (Å²) >= 11 is 0. The molecule has 144 valence electrons. The molecular formula is C18H27N3O4S. The molecule has 0 spiro atoms. The molecule has 0 saturated carbocycles. The Morgan fingerprint density at radius 3 is 2.23 bits per heavy atom. The maximum absolute atomic E-state index is 12.7. The summed E-state index contributed by atoms with van der Waals surface area (Å²) in [6.07, 6.45) is 1.88. The third-order valence-corrected chi connectivity index (χ3v) is 5.60. The van der Waals surface area contributed by atoms with Gasteiger partial charge in [0.05, 0.1) is 11.9 Å². The average molecular weight is 381 g/mol. The lowest BCUT2D eigenvalue weighted by Gasteiger charge is -2.35. The van der Waals surface area contributed by atoms with Gasteiger partial charge in [-0.3, -0.25) is 13.9 Å². The third-order valence-electron chi connectivity index (χ3n) is 4.48. The van der Waals surface area contributed by atoms with Gasteiger partial charge in [0.2, 0.25) is 22.3 Å². The van der Waals surface area contributed by atoms with Gasteiger partial charge in [-0.1, -0.05) is 39.0 Å². The minimum absolute atomic E-state index is 0.243. The number of carbonyl (C=O) groups is 2. The van der Waals surface area contributed by atoms with Crippen LogP contribution in [0.15, 0.2) is 24.3 Å². The van der Waals surface area contributed by atoms with E-state index < -0.39 is 10.0 Å². The van der Waals surface area contributed by atoms with Crippen molar-refractivity contribution in [2.24, 2.45) is 0 Å². The SMILES string of the molecule is CC(C)(C)c1ccccc1N(CC(=O)N1CCN(C=O)CC1)S(C)(=O)=O. The number of sulfonamides is 1. The summed E-state index contributed by atoms with van der Waals surface area (Å²) in [5.74, 6) is -0.260. The number of benzene rings is 1. The molecule has 0 radical (unpaired) electrons. The van der Waals surface area contributed by atoms with E-state index in [1.54, 1.807) is 21.9 Å². The Labute approximate surface area is 155 Å². The monoisotopic (exact) mass is 381 g/mol. The predicted octanol–water partition coefficient (Wildman–Crippen LogP) is 1.05. The van der Waals surface area contributed by atoms with Gasteiger partial charge < -0.3 is 9.80 Å². The van der Waals surface area contributed by atoms with Crippen molar-refractivity contribution in [2.45, 2.75) is 26.2 Å². The minimum atomic E-state index is -3.63. The molecule has 1 aromatic rings. The lowest BCUT2D eigenvalue weighted by atomic mass is 9.86. The number of piperazine rings is 1. The smallest absolute Gasteiger partial charge is 0.243 e. The molecule has 0 aliphatic carbocycles. The van der Waals surface area contributed by atoms with E-state index in [1.165, 1.54) is 4.31 Å². The fourth-order valence-electron chi connectivity index (χ4n) is 3.01. The molecule has 0 unspecified atom stereocenters. The van der Waals surface area contributed by atoms with Crippen molar-refractivity contribution in [3.63, 3.8) is 0 Å². The molecule has 0 bridgehead atoms. The summed E-state index contributed by atoms with van der Waals surface area (Å²) in [5.41, 5.74) is 1.13. The molecule has 1 aromatic carbocycles. The second-order valence-electron chi connectivity index (χ2n) is 7.56. The van der Waals surface area contributed by atoms with Crippen molar-refractivity contribution < 1.29 is 18.0 Å². The summed E-state index contributed by atoms with van der Waals surface area (Å²) in [7, 11) is -3.63. The van der Waals surface area contributed by atoms with Crippen LogP contribution in [-0.4, -0.2) is 69.5 Å². The number of anilines is 1. The second-order valence-corrected chi connectivity index (χ2v) is 9.47. The van der Waals surface area contributed by atoms with Crippen molar-refractivity contribution in [3.8, 4) is 0 Å². The van der Waals surface area contributed by atoms with Crippen LogP contribution in [-0.2, 0) is 25.0 Å². The van der Waals surface area contributed by atoms with E-state index in [0.29, 0.717) is 31.9 Å². The van der Waals surface area contributed by atoms with Crippen LogP contribution in [0.25, 0.3) is 0 Å². The van der Waals surface area contributed by atoms with E-state index in [1.807, 2.05) is 32.9 Å². The van der Waals surface area contributed by atoms with E-state index in [9.17, 15) is 18.0 Å². The Morgan fingerprint density at radius 1 is 1.15 bits per heavy atom. The maximum atomic E-state index is 12.7. The Hall–Kier alpha value is -2.09. The predicted molar refractivity (Wildman–Crippen MR) is 102 cm³/mol. The summed E-state index contributed by atoms with van der Waals surface area (Å²) in [4.78, 5) is 26.7. The molecule has 0 atom stereocenters. The molecule has 1 heterocycles. The van der Waals surface area contributed by atoms with Gasteiger partial charge in [0.1, 0.15) is 6.54 Å². The highest BCUT2D eigenvalue weighted by molar-refractivity contribution is 7.92. The number of hydrogen-bond acceptors (Lipinski definition) is 4. The van der Waals surface area contributed by atoms with Gasteiger partial charge in [-0.25, -0.2) is 8.42 Å². The Morgan fingerprint density at radius 2 is 1.73 bits per heavy atom. The first kappa shape index (κ1) is 20.2.